The maximum atomic E-state index is 4.22. The predicted octanol–water partition coefficient (Wildman–Crippen LogP) is 4.18. The molecule has 0 aliphatic rings. The fourth-order valence-electron chi connectivity index (χ4n) is 1.45. The van der Waals surface area contributed by atoms with E-state index in [1.54, 1.807) is 0 Å². The van der Waals surface area contributed by atoms with Crippen LogP contribution in [0.2, 0.25) is 0 Å². The first kappa shape index (κ1) is 13.3. The molecule has 0 atom stereocenters. The number of nitrogens with zero attached hydrogens (tertiary/aromatic N) is 2. The van der Waals surface area contributed by atoms with Gasteiger partial charge in [-0.25, -0.2) is 9.97 Å². The van der Waals surface area contributed by atoms with E-state index in [4.69, 9.17) is 0 Å². The number of aromatic nitrogens is 2. The van der Waals surface area contributed by atoms with Gasteiger partial charge in [0.25, 0.3) is 0 Å². The second-order valence-corrected chi connectivity index (χ2v) is 5.26. The van der Waals surface area contributed by atoms with Crippen molar-refractivity contribution in [3.8, 4) is 0 Å². The topological polar surface area (TPSA) is 49.8 Å². The highest BCUT2D eigenvalue weighted by molar-refractivity contribution is 9.11. The number of rotatable bonds is 4. The molecule has 1 heterocycles. The van der Waals surface area contributed by atoms with Crippen LogP contribution in [0.25, 0.3) is 0 Å². The van der Waals surface area contributed by atoms with Crippen molar-refractivity contribution in [3.05, 3.63) is 39.5 Å². The first-order valence-electron chi connectivity index (χ1n) is 5.47. The van der Waals surface area contributed by atoms with Crippen molar-refractivity contribution in [1.82, 2.24) is 9.97 Å². The highest BCUT2D eigenvalue weighted by atomic mass is 79.9. The van der Waals surface area contributed by atoms with E-state index < -0.39 is 0 Å². The van der Waals surface area contributed by atoms with Gasteiger partial charge >= 0.3 is 0 Å². The summed E-state index contributed by atoms with van der Waals surface area (Å²) in [4.78, 5) is 8.39. The molecule has 2 N–H and O–H groups in total. The minimum absolute atomic E-state index is 0.735. The molecule has 0 saturated heterocycles. The molecule has 0 fully saturated rings. The molecule has 1 aromatic carbocycles. The number of nitrogens with one attached hydrogen (secondary N) is 2. The van der Waals surface area contributed by atoms with E-state index in [2.05, 4.69) is 52.5 Å². The fraction of sp³-hybridized carbons (Fsp3) is 0.167. The second kappa shape index (κ2) is 6.15. The Labute approximate surface area is 122 Å². The van der Waals surface area contributed by atoms with E-state index >= 15 is 0 Å². The van der Waals surface area contributed by atoms with Gasteiger partial charge in [0.15, 0.2) is 0 Å². The Morgan fingerprint density at radius 2 is 1.94 bits per heavy atom. The van der Waals surface area contributed by atoms with Gasteiger partial charge in [-0.15, -0.1) is 0 Å². The van der Waals surface area contributed by atoms with Gasteiger partial charge in [-0.05, 0) is 41.1 Å². The Balaban J connectivity index is 2.26. The third-order valence-corrected chi connectivity index (χ3v) is 3.47. The highest BCUT2D eigenvalue weighted by Crippen LogP contribution is 2.29. The summed E-state index contributed by atoms with van der Waals surface area (Å²) >= 11 is 6.93. The van der Waals surface area contributed by atoms with Crippen LogP contribution in [0.1, 0.15) is 6.92 Å². The highest BCUT2D eigenvalue weighted by Gasteiger charge is 2.08. The maximum absolute atomic E-state index is 4.22. The van der Waals surface area contributed by atoms with Gasteiger partial charge in [-0.3, -0.25) is 0 Å². The Hall–Kier alpha value is -1.14. The summed E-state index contributed by atoms with van der Waals surface area (Å²) in [5, 5.41) is 6.41. The minimum Gasteiger partial charge on any atom is -0.369 e. The van der Waals surface area contributed by atoms with Crippen LogP contribution in [-0.2, 0) is 0 Å². The average molecular weight is 372 g/mol. The van der Waals surface area contributed by atoms with E-state index in [1.165, 1.54) is 6.33 Å². The SMILES string of the molecule is CCNc1ncnc(Nc2cccc(Br)c2)c1Br. The zero-order chi connectivity index (χ0) is 13.0. The molecule has 4 nitrogen and oxygen atoms in total. The molecular formula is C12H12Br2N4. The van der Waals surface area contributed by atoms with Crippen LogP contribution in [0.4, 0.5) is 17.3 Å². The first-order valence-corrected chi connectivity index (χ1v) is 7.06. The van der Waals surface area contributed by atoms with Crippen LogP contribution in [0.3, 0.4) is 0 Å². The van der Waals surface area contributed by atoms with Crippen LogP contribution in [0.5, 0.6) is 0 Å². The van der Waals surface area contributed by atoms with Crippen LogP contribution in [-0.4, -0.2) is 16.5 Å². The molecule has 0 spiro atoms. The van der Waals surface area contributed by atoms with Gasteiger partial charge < -0.3 is 10.6 Å². The standard InChI is InChI=1S/C12H12Br2N4/c1-2-15-11-10(14)12(17-7-16-11)18-9-5-3-4-8(13)6-9/h3-7H,2H2,1H3,(H2,15,16,17,18). The van der Waals surface area contributed by atoms with Crippen molar-refractivity contribution < 1.29 is 0 Å². The van der Waals surface area contributed by atoms with Crippen LogP contribution in [0, 0.1) is 0 Å². The fourth-order valence-corrected chi connectivity index (χ4v) is 2.29. The van der Waals surface area contributed by atoms with E-state index in [9.17, 15) is 0 Å². The summed E-state index contributed by atoms with van der Waals surface area (Å²) in [7, 11) is 0. The predicted molar refractivity (Wildman–Crippen MR) is 81.3 cm³/mol. The molecule has 2 rings (SSSR count). The molecule has 0 amide bonds. The number of benzene rings is 1. The van der Waals surface area contributed by atoms with Crippen LogP contribution >= 0.6 is 31.9 Å². The molecule has 2 aromatic rings. The van der Waals surface area contributed by atoms with Gasteiger partial charge in [-0.1, -0.05) is 22.0 Å². The Kier molecular flexibility index (Phi) is 4.54. The lowest BCUT2D eigenvalue weighted by Gasteiger charge is -2.10. The van der Waals surface area contributed by atoms with Crippen molar-refractivity contribution in [1.29, 1.82) is 0 Å². The zero-order valence-electron chi connectivity index (χ0n) is 9.74. The summed E-state index contributed by atoms with van der Waals surface area (Å²) in [6.45, 7) is 2.84. The molecule has 0 aliphatic carbocycles. The lowest BCUT2D eigenvalue weighted by atomic mass is 10.3. The summed E-state index contributed by atoms with van der Waals surface area (Å²) in [5.74, 6) is 1.52. The van der Waals surface area contributed by atoms with E-state index in [-0.39, 0.29) is 0 Å². The Bertz CT molecular complexity index is 545. The van der Waals surface area contributed by atoms with E-state index in [1.807, 2.05) is 31.2 Å². The molecule has 18 heavy (non-hydrogen) atoms. The van der Waals surface area contributed by atoms with Gasteiger partial charge in [0.05, 0.1) is 0 Å². The Morgan fingerprint density at radius 3 is 2.67 bits per heavy atom. The first-order chi connectivity index (χ1) is 8.70. The summed E-state index contributed by atoms with van der Waals surface area (Å²) in [6, 6.07) is 7.91. The molecule has 0 unspecified atom stereocenters. The van der Waals surface area contributed by atoms with Crippen molar-refractivity contribution in [2.24, 2.45) is 0 Å². The molecule has 0 aliphatic heterocycles. The van der Waals surface area contributed by atoms with Crippen molar-refractivity contribution in [3.63, 3.8) is 0 Å². The summed E-state index contributed by atoms with van der Waals surface area (Å²) in [5.41, 5.74) is 0.964. The third-order valence-electron chi connectivity index (χ3n) is 2.22. The van der Waals surface area contributed by atoms with Crippen LogP contribution in [0.15, 0.2) is 39.5 Å². The van der Waals surface area contributed by atoms with E-state index in [0.717, 1.165) is 32.8 Å². The van der Waals surface area contributed by atoms with Gasteiger partial charge in [-0.2, -0.15) is 0 Å². The second-order valence-electron chi connectivity index (χ2n) is 3.55. The van der Waals surface area contributed by atoms with E-state index in [0.29, 0.717) is 0 Å². The molecule has 0 saturated carbocycles. The van der Waals surface area contributed by atoms with Gasteiger partial charge in [0, 0.05) is 16.7 Å². The quantitative estimate of drug-likeness (QED) is 0.846. The summed E-state index contributed by atoms with van der Waals surface area (Å²) < 4.78 is 1.84. The molecule has 0 bridgehead atoms. The zero-order valence-corrected chi connectivity index (χ0v) is 12.9. The summed E-state index contributed by atoms with van der Waals surface area (Å²) in [6.07, 6.45) is 1.53. The monoisotopic (exact) mass is 370 g/mol. The molecular weight excluding hydrogens is 360 g/mol. The average Bonchev–Trinajstić information content (AvgIpc) is 2.35. The maximum Gasteiger partial charge on any atom is 0.150 e. The van der Waals surface area contributed by atoms with Crippen molar-refractivity contribution >= 4 is 49.2 Å². The third kappa shape index (κ3) is 3.20. The molecule has 6 heteroatoms. The lowest BCUT2D eigenvalue weighted by molar-refractivity contribution is 1.10. The largest absolute Gasteiger partial charge is 0.369 e. The molecule has 94 valence electrons. The normalized spacial score (nSPS) is 10.2. The Morgan fingerprint density at radius 1 is 1.17 bits per heavy atom. The van der Waals surface area contributed by atoms with Gasteiger partial charge in [0.1, 0.15) is 22.4 Å². The van der Waals surface area contributed by atoms with Crippen molar-refractivity contribution in [2.75, 3.05) is 17.2 Å². The molecule has 0 radical (unpaired) electrons. The minimum atomic E-state index is 0.735. The van der Waals surface area contributed by atoms with Crippen LogP contribution < -0.4 is 10.6 Å². The molecule has 1 aromatic heterocycles. The van der Waals surface area contributed by atoms with Crippen molar-refractivity contribution in [2.45, 2.75) is 6.92 Å². The van der Waals surface area contributed by atoms with Gasteiger partial charge in [0.2, 0.25) is 0 Å². The smallest absolute Gasteiger partial charge is 0.150 e. The number of hydrogen-bond acceptors (Lipinski definition) is 4. The number of hydrogen-bond donors (Lipinski definition) is 2. The number of anilines is 3. The number of halogens is 2. The lowest BCUT2D eigenvalue weighted by Crippen LogP contribution is -2.03.